The summed E-state index contributed by atoms with van der Waals surface area (Å²) in [6.07, 6.45) is 0.955. The van der Waals surface area contributed by atoms with Crippen LogP contribution in [0.3, 0.4) is 0 Å². The van der Waals surface area contributed by atoms with Crippen molar-refractivity contribution in [1.82, 2.24) is 9.97 Å². The minimum absolute atomic E-state index is 0.216. The van der Waals surface area contributed by atoms with E-state index in [4.69, 9.17) is 19.2 Å². The minimum Gasteiger partial charge on any atom is -0.466 e. The Balaban J connectivity index is 1.99. The highest BCUT2D eigenvalue weighted by Crippen LogP contribution is 2.31. The van der Waals surface area contributed by atoms with Gasteiger partial charge in [0, 0.05) is 20.2 Å². The Bertz CT molecular complexity index is 1010. The van der Waals surface area contributed by atoms with E-state index in [0.29, 0.717) is 43.0 Å². The molecule has 0 saturated carbocycles. The molecule has 1 aliphatic heterocycles. The van der Waals surface area contributed by atoms with Gasteiger partial charge in [-0.15, -0.1) is 0 Å². The molecule has 0 spiro atoms. The molecule has 0 N–H and O–H groups in total. The van der Waals surface area contributed by atoms with Gasteiger partial charge in [-0.1, -0.05) is 12.1 Å². The van der Waals surface area contributed by atoms with Crippen molar-refractivity contribution in [3.8, 4) is 6.07 Å². The largest absolute Gasteiger partial charge is 0.466 e. The molecule has 1 aliphatic rings. The number of nitrogens with zero attached hydrogens (tertiary/aromatic N) is 4. The zero-order chi connectivity index (χ0) is 23.1. The summed E-state index contributed by atoms with van der Waals surface area (Å²) in [6, 6.07) is 9.29. The molecular weight excluding hydrogens is 412 g/mol. The summed E-state index contributed by atoms with van der Waals surface area (Å²) < 4.78 is 15.6. The summed E-state index contributed by atoms with van der Waals surface area (Å²) in [4.78, 5) is 36.4. The van der Waals surface area contributed by atoms with Gasteiger partial charge in [0.2, 0.25) is 0 Å². The third kappa shape index (κ3) is 5.32. The van der Waals surface area contributed by atoms with Gasteiger partial charge in [0.1, 0.15) is 11.8 Å². The highest BCUT2D eigenvalue weighted by molar-refractivity contribution is 5.85. The van der Waals surface area contributed by atoms with Gasteiger partial charge in [0.15, 0.2) is 11.7 Å². The maximum absolute atomic E-state index is 12.8. The number of carbonyl (C=O) groups is 2. The molecule has 1 saturated heterocycles. The number of hydrogen-bond acceptors (Lipinski definition) is 9. The van der Waals surface area contributed by atoms with Crippen molar-refractivity contribution in [2.45, 2.75) is 38.7 Å². The van der Waals surface area contributed by atoms with Crippen LogP contribution in [0.5, 0.6) is 0 Å². The molecule has 32 heavy (non-hydrogen) atoms. The Morgan fingerprint density at radius 2 is 2.00 bits per heavy atom. The first-order valence-corrected chi connectivity index (χ1v) is 10.8. The van der Waals surface area contributed by atoms with E-state index in [1.807, 2.05) is 29.2 Å². The Morgan fingerprint density at radius 3 is 2.66 bits per heavy atom. The molecule has 1 aromatic heterocycles. The lowest BCUT2D eigenvalue weighted by molar-refractivity contribution is -0.151. The first-order valence-electron chi connectivity index (χ1n) is 10.8. The molecule has 0 aliphatic carbocycles. The molecule has 0 radical (unpaired) electrons. The molecule has 2 heterocycles. The summed E-state index contributed by atoms with van der Waals surface area (Å²) in [6.45, 7) is 5.01. The van der Waals surface area contributed by atoms with Crippen LogP contribution < -0.4 is 4.90 Å². The third-order valence-electron chi connectivity index (χ3n) is 5.28. The van der Waals surface area contributed by atoms with Gasteiger partial charge in [-0.2, -0.15) is 5.26 Å². The molecule has 3 rings (SSSR count). The number of carbonyl (C=O) groups excluding carboxylic acids is 2. The molecule has 0 unspecified atom stereocenters. The summed E-state index contributed by atoms with van der Waals surface area (Å²) in [5, 5.41) is 9.86. The number of fused-ring (bicyclic) bond motifs is 1. The first-order chi connectivity index (χ1) is 15.5. The quantitative estimate of drug-likeness (QED) is 0.571. The van der Waals surface area contributed by atoms with E-state index in [0.717, 1.165) is 6.42 Å². The SMILES string of the molecule is CCOC(=O)[C@@H]1CCCN(c2nc3ccccc3nc2[C@H](C#N)C(=O)O[C@H](C)COC)C1. The molecular formula is C23H28N4O5. The van der Waals surface area contributed by atoms with Crippen LogP contribution in [0.2, 0.25) is 0 Å². The lowest BCUT2D eigenvalue weighted by atomic mass is 9.97. The Kier molecular flexibility index (Phi) is 7.95. The predicted molar refractivity (Wildman–Crippen MR) is 117 cm³/mol. The summed E-state index contributed by atoms with van der Waals surface area (Å²) in [5.41, 5.74) is 1.44. The van der Waals surface area contributed by atoms with E-state index < -0.39 is 18.0 Å². The maximum atomic E-state index is 12.8. The monoisotopic (exact) mass is 440 g/mol. The van der Waals surface area contributed by atoms with Gasteiger partial charge < -0.3 is 19.1 Å². The molecule has 0 bridgehead atoms. The second-order valence-corrected chi connectivity index (χ2v) is 7.72. The van der Waals surface area contributed by atoms with E-state index >= 15 is 0 Å². The number of aromatic nitrogens is 2. The van der Waals surface area contributed by atoms with Crippen LogP contribution >= 0.6 is 0 Å². The number of rotatable bonds is 8. The number of hydrogen-bond donors (Lipinski definition) is 0. The van der Waals surface area contributed by atoms with Crippen LogP contribution in [0.4, 0.5) is 5.82 Å². The first kappa shape index (κ1) is 23.4. The summed E-state index contributed by atoms with van der Waals surface area (Å²) >= 11 is 0. The van der Waals surface area contributed by atoms with Crippen molar-refractivity contribution in [1.29, 1.82) is 5.26 Å². The van der Waals surface area contributed by atoms with Gasteiger partial charge in [-0.05, 0) is 38.8 Å². The Labute approximate surface area is 187 Å². The van der Waals surface area contributed by atoms with Gasteiger partial charge >= 0.3 is 11.9 Å². The van der Waals surface area contributed by atoms with E-state index in [-0.39, 0.29) is 24.2 Å². The fourth-order valence-electron chi connectivity index (χ4n) is 3.81. The van der Waals surface area contributed by atoms with Crippen molar-refractivity contribution < 1.29 is 23.8 Å². The predicted octanol–water partition coefficient (Wildman–Crippen LogP) is 2.59. The van der Waals surface area contributed by atoms with Gasteiger partial charge in [-0.3, -0.25) is 9.59 Å². The van der Waals surface area contributed by atoms with E-state index in [2.05, 4.69) is 4.98 Å². The zero-order valence-electron chi connectivity index (χ0n) is 18.6. The van der Waals surface area contributed by atoms with Gasteiger partial charge in [-0.25, -0.2) is 9.97 Å². The average molecular weight is 441 g/mol. The van der Waals surface area contributed by atoms with Crippen LogP contribution in [-0.2, 0) is 23.8 Å². The number of nitriles is 1. The standard InChI is InChI=1S/C23H28N4O5/c1-4-31-22(28)16-8-7-11-27(13-16)21-20(25-18-9-5-6-10-19(18)26-21)17(12-24)23(29)32-15(2)14-30-3/h5-6,9-10,15-17H,4,7-8,11,13-14H2,1-3H3/t15-,16-,17+/m1/s1. The van der Waals surface area contributed by atoms with E-state index in [1.165, 1.54) is 7.11 Å². The average Bonchev–Trinajstić information content (AvgIpc) is 2.79. The van der Waals surface area contributed by atoms with Crippen LogP contribution in [0.1, 0.15) is 38.3 Å². The lowest BCUT2D eigenvalue weighted by Gasteiger charge is -2.33. The number of benzene rings is 1. The molecule has 0 amide bonds. The van der Waals surface area contributed by atoms with Crippen molar-refractivity contribution in [2.75, 3.05) is 38.3 Å². The fourth-order valence-corrected chi connectivity index (χ4v) is 3.81. The number of ether oxygens (including phenoxy) is 3. The number of methoxy groups -OCH3 is 1. The molecule has 9 heteroatoms. The van der Waals surface area contributed by atoms with Crippen LogP contribution in [-0.4, -0.2) is 61.4 Å². The summed E-state index contributed by atoms with van der Waals surface area (Å²) in [5.74, 6) is -2.11. The number of esters is 2. The van der Waals surface area contributed by atoms with E-state index in [9.17, 15) is 14.9 Å². The molecule has 1 fully saturated rings. The van der Waals surface area contributed by atoms with Crippen molar-refractivity contribution >= 4 is 28.8 Å². The molecule has 170 valence electrons. The second kappa shape index (κ2) is 10.9. The highest BCUT2D eigenvalue weighted by Gasteiger charge is 2.34. The van der Waals surface area contributed by atoms with Crippen LogP contribution in [0.15, 0.2) is 24.3 Å². The topological polar surface area (TPSA) is 115 Å². The number of para-hydroxylation sites is 2. The fraction of sp³-hybridized carbons (Fsp3) is 0.522. The zero-order valence-corrected chi connectivity index (χ0v) is 18.6. The summed E-state index contributed by atoms with van der Waals surface area (Å²) in [7, 11) is 1.51. The maximum Gasteiger partial charge on any atom is 0.330 e. The van der Waals surface area contributed by atoms with Gasteiger partial charge in [0.05, 0.1) is 36.2 Å². The Hall–Kier alpha value is -3.25. The van der Waals surface area contributed by atoms with Crippen molar-refractivity contribution in [3.63, 3.8) is 0 Å². The lowest BCUT2D eigenvalue weighted by Crippen LogP contribution is -2.41. The Morgan fingerprint density at radius 1 is 1.28 bits per heavy atom. The van der Waals surface area contributed by atoms with Crippen LogP contribution in [0, 0.1) is 17.2 Å². The number of anilines is 1. The molecule has 3 atom stereocenters. The molecule has 1 aromatic carbocycles. The third-order valence-corrected chi connectivity index (χ3v) is 5.28. The van der Waals surface area contributed by atoms with Crippen molar-refractivity contribution in [3.05, 3.63) is 30.0 Å². The second-order valence-electron chi connectivity index (χ2n) is 7.72. The van der Waals surface area contributed by atoms with Gasteiger partial charge in [0.25, 0.3) is 0 Å². The number of piperidine rings is 1. The smallest absolute Gasteiger partial charge is 0.330 e. The molecule has 2 aromatic rings. The minimum atomic E-state index is -1.26. The normalized spacial score (nSPS) is 17.9. The molecule has 9 nitrogen and oxygen atoms in total. The highest BCUT2D eigenvalue weighted by atomic mass is 16.6. The van der Waals surface area contributed by atoms with Crippen LogP contribution in [0.25, 0.3) is 11.0 Å². The van der Waals surface area contributed by atoms with Crippen molar-refractivity contribution in [2.24, 2.45) is 5.92 Å². The van der Waals surface area contributed by atoms with E-state index in [1.54, 1.807) is 19.9 Å².